The summed E-state index contributed by atoms with van der Waals surface area (Å²) in [5, 5.41) is 9.99. The van der Waals surface area contributed by atoms with Gasteiger partial charge in [0, 0.05) is 41.9 Å². The molecule has 2 aromatic carbocycles. The summed E-state index contributed by atoms with van der Waals surface area (Å²) in [4.78, 5) is 17.4. The van der Waals surface area contributed by atoms with Gasteiger partial charge in [0.05, 0.1) is 30.6 Å². The number of alkyl halides is 3. The van der Waals surface area contributed by atoms with Crippen LogP contribution in [0.1, 0.15) is 21.5 Å². The van der Waals surface area contributed by atoms with Gasteiger partial charge in [-0.05, 0) is 42.8 Å². The van der Waals surface area contributed by atoms with Crippen molar-refractivity contribution in [1.29, 1.82) is 0 Å². The highest BCUT2D eigenvalue weighted by molar-refractivity contribution is 6.06. The number of amides is 1. The molecule has 0 aliphatic rings. The number of carbonyl (C=O) groups excluding carboxylic acids is 1. The van der Waals surface area contributed by atoms with Crippen molar-refractivity contribution in [3.63, 3.8) is 0 Å². The Morgan fingerprint density at radius 2 is 1.84 bits per heavy atom. The van der Waals surface area contributed by atoms with E-state index in [0.717, 1.165) is 17.3 Å². The van der Waals surface area contributed by atoms with E-state index in [2.05, 4.69) is 20.7 Å². The number of pyridine rings is 1. The van der Waals surface area contributed by atoms with Gasteiger partial charge in [-0.3, -0.25) is 9.48 Å². The molecule has 0 fully saturated rings. The summed E-state index contributed by atoms with van der Waals surface area (Å²) in [5.74, 6) is -1.84. The number of aryl methyl sites for hydroxylation is 1. The molecule has 37 heavy (non-hydrogen) atoms. The number of para-hydroxylation sites is 1. The van der Waals surface area contributed by atoms with Crippen LogP contribution in [0.3, 0.4) is 0 Å². The van der Waals surface area contributed by atoms with E-state index in [1.54, 1.807) is 36.4 Å². The van der Waals surface area contributed by atoms with Crippen LogP contribution in [0.5, 0.6) is 0 Å². The molecule has 192 valence electrons. The molecule has 0 aliphatic carbocycles. The molecule has 0 aliphatic heterocycles. The monoisotopic (exact) mass is 513 g/mol. The minimum Gasteiger partial charge on any atom is -0.383 e. The Morgan fingerprint density at radius 3 is 2.57 bits per heavy atom. The summed E-state index contributed by atoms with van der Waals surface area (Å²) in [6.45, 7) is 2.88. The molecule has 1 amide bonds. The molecule has 0 atom stereocenters. The molecule has 4 rings (SSSR count). The highest BCUT2D eigenvalue weighted by Crippen LogP contribution is 2.32. The van der Waals surface area contributed by atoms with Crippen LogP contribution >= 0.6 is 0 Å². The molecule has 7 nitrogen and oxygen atoms in total. The molecule has 0 bridgehead atoms. The Kier molecular flexibility index (Phi) is 7.53. The van der Waals surface area contributed by atoms with Crippen molar-refractivity contribution in [1.82, 2.24) is 14.8 Å². The average Bonchev–Trinajstić information content (AvgIpc) is 3.33. The van der Waals surface area contributed by atoms with E-state index in [1.807, 2.05) is 31.2 Å². The first-order valence-electron chi connectivity index (χ1n) is 11.2. The number of methoxy groups -OCH3 is 1. The fourth-order valence-corrected chi connectivity index (χ4v) is 3.56. The number of carbonyl (C=O) groups is 1. The Morgan fingerprint density at radius 1 is 1.05 bits per heavy atom. The zero-order chi connectivity index (χ0) is 26.6. The summed E-state index contributed by atoms with van der Waals surface area (Å²) < 4.78 is 60.2. The number of nitrogens with zero attached hydrogens (tertiary/aromatic N) is 3. The lowest BCUT2D eigenvalue weighted by Crippen LogP contribution is -2.16. The zero-order valence-corrected chi connectivity index (χ0v) is 19.9. The highest BCUT2D eigenvalue weighted by Gasteiger charge is 2.32. The molecule has 0 radical (unpaired) electrons. The average molecular weight is 513 g/mol. The number of anilines is 3. The smallest absolute Gasteiger partial charge is 0.383 e. The van der Waals surface area contributed by atoms with Crippen molar-refractivity contribution in [2.45, 2.75) is 19.6 Å². The molecule has 2 N–H and O–H groups in total. The fourth-order valence-electron chi connectivity index (χ4n) is 3.56. The summed E-state index contributed by atoms with van der Waals surface area (Å²) in [7, 11) is 1.58. The van der Waals surface area contributed by atoms with E-state index in [0.29, 0.717) is 36.4 Å². The molecule has 0 unspecified atom stereocenters. The van der Waals surface area contributed by atoms with E-state index < -0.39 is 29.0 Å². The Labute approximate surface area is 210 Å². The van der Waals surface area contributed by atoms with Crippen molar-refractivity contribution in [3.05, 3.63) is 89.6 Å². The molecule has 2 heterocycles. The molecule has 2 aromatic heterocycles. The molecular formula is C26H23F4N5O2. The van der Waals surface area contributed by atoms with Crippen LogP contribution < -0.4 is 10.6 Å². The van der Waals surface area contributed by atoms with Gasteiger partial charge < -0.3 is 15.4 Å². The maximum absolute atomic E-state index is 13.9. The predicted octanol–water partition coefficient (Wildman–Crippen LogP) is 6.05. The first kappa shape index (κ1) is 25.8. The van der Waals surface area contributed by atoms with Crippen molar-refractivity contribution >= 4 is 23.1 Å². The van der Waals surface area contributed by atoms with Gasteiger partial charge in [-0.1, -0.05) is 18.2 Å². The lowest BCUT2D eigenvalue weighted by Gasteiger charge is -2.15. The van der Waals surface area contributed by atoms with E-state index >= 15 is 0 Å². The van der Waals surface area contributed by atoms with E-state index in [9.17, 15) is 22.4 Å². The third-order valence-corrected chi connectivity index (χ3v) is 5.51. The third kappa shape index (κ3) is 6.31. The van der Waals surface area contributed by atoms with Gasteiger partial charge in [0.15, 0.2) is 5.82 Å². The maximum atomic E-state index is 13.9. The van der Waals surface area contributed by atoms with Gasteiger partial charge in [-0.25, -0.2) is 9.37 Å². The second-order valence-corrected chi connectivity index (χ2v) is 8.23. The standard InChI is InChI=1S/C26H23F4N5O2/c1-16-5-3-4-6-22(16)33-24-23(11-18(13-31-24)19-14-32-35(15-19)7-8-37-2)34-25(36)17-9-20(26(28,29)30)12-21(27)10-17/h3-6,9-15H,7-8H2,1-2H3,(H,31,33)(H,34,36). The first-order chi connectivity index (χ1) is 17.6. The number of halogens is 4. The molecule has 4 aromatic rings. The number of benzene rings is 2. The van der Waals surface area contributed by atoms with Crippen LogP contribution in [0.15, 0.2) is 67.1 Å². The van der Waals surface area contributed by atoms with E-state index in [1.165, 1.54) is 0 Å². The van der Waals surface area contributed by atoms with Crippen molar-refractivity contribution < 1.29 is 27.1 Å². The maximum Gasteiger partial charge on any atom is 0.416 e. The molecule has 0 saturated heterocycles. The van der Waals surface area contributed by atoms with E-state index in [4.69, 9.17) is 4.74 Å². The number of rotatable bonds is 8. The SMILES string of the molecule is COCCn1cc(-c2cnc(Nc3ccccc3C)c(NC(=O)c3cc(F)cc(C(F)(F)F)c3)c2)cn1. The molecular weight excluding hydrogens is 490 g/mol. The lowest BCUT2D eigenvalue weighted by molar-refractivity contribution is -0.137. The minimum absolute atomic E-state index is 0.188. The van der Waals surface area contributed by atoms with E-state index in [-0.39, 0.29) is 11.5 Å². The molecule has 0 saturated carbocycles. The Bertz CT molecular complexity index is 1420. The first-order valence-corrected chi connectivity index (χ1v) is 11.2. The quantitative estimate of drug-likeness (QED) is 0.280. The zero-order valence-electron chi connectivity index (χ0n) is 19.9. The molecule has 0 spiro atoms. The number of ether oxygens (including phenoxy) is 1. The summed E-state index contributed by atoms with van der Waals surface area (Å²) in [6, 6.07) is 10.7. The van der Waals surface area contributed by atoms with Gasteiger partial charge in [0.1, 0.15) is 5.82 Å². The number of nitrogens with one attached hydrogen (secondary N) is 2. The second-order valence-electron chi connectivity index (χ2n) is 8.23. The van der Waals surface area contributed by atoms with Crippen molar-refractivity contribution in [2.75, 3.05) is 24.4 Å². The van der Waals surface area contributed by atoms with Crippen LogP contribution in [0.25, 0.3) is 11.1 Å². The summed E-state index contributed by atoms with van der Waals surface area (Å²) >= 11 is 0. The second kappa shape index (κ2) is 10.8. The van der Waals surface area contributed by atoms with Crippen LogP contribution in [0.2, 0.25) is 0 Å². The number of aromatic nitrogens is 3. The van der Waals surface area contributed by atoms with Gasteiger partial charge >= 0.3 is 6.18 Å². The normalized spacial score (nSPS) is 11.4. The predicted molar refractivity (Wildman–Crippen MR) is 131 cm³/mol. The third-order valence-electron chi connectivity index (χ3n) is 5.51. The van der Waals surface area contributed by atoms with Crippen molar-refractivity contribution in [2.24, 2.45) is 0 Å². The topological polar surface area (TPSA) is 81.1 Å². The molecule has 11 heteroatoms. The lowest BCUT2D eigenvalue weighted by atomic mass is 10.1. The minimum atomic E-state index is -4.81. The van der Waals surface area contributed by atoms with Gasteiger partial charge in [-0.15, -0.1) is 0 Å². The summed E-state index contributed by atoms with van der Waals surface area (Å²) in [6.07, 6.45) is 0.171. The highest BCUT2D eigenvalue weighted by atomic mass is 19.4. The number of hydrogen-bond acceptors (Lipinski definition) is 5. The Balaban J connectivity index is 1.70. The van der Waals surface area contributed by atoms with Crippen LogP contribution in [-0.2, 0) is 17.5 Å². The van der Waals surface area contributed by atoms with Gasteiger partial charge in [-0.2, -0.15) is 18.3 Å². The number of hydrogen-bond donors (Lipinski definition) is 2. The van der Waals surface area contributed by atoms with Crippen LogP contribution in [0.4, 0.5) is 34.8 Å². The van der Waals surface area contributed by atoms with Crippen LogP contribution in [-0.4, -0.2) is 34.4 Å². The largest absolute Gasteiger partial charge is 0.416 e. The van der Waals surface area contributed by atoms with Gasteiger partial charge in [0.25, 0.3) is 5.91 Å². The Hall–Kier alpha value is -4.25. The van der Waals surface area contributed by atoms with Crippen LogP contribution in [0, 0.1) is 12.7 Å². The van der Waals surface area contributed by atoms with Crippen molar-refractivity contribution in [3.8, 4) is 11.1 Å². The fraction of sp³-hybridized carbons (Fsp3) is 0.192. The van der Waals surface area contributed by atoms with Gasteiger partial charge in [0.2, 0.25) is 0 Å². The summed E-state index contributed by atoms with van der Waals surface area (Å²) in [5.41, 5.74) is 1.38.